The number of phenolic OH excluding ortho intramolecular Hbond substituents is 1. The van der Waals surface area contributed by atoms with E-state index in [1.54, 1.807) is 0 Å². The van der Waals surface area contributed by atoms with Gasteiger partial charge in [-0.3, -0.25) is 14.9 Å². The van der Waals surface area contributed by atoms with E-state index in [0.29, 0.717) is 17.1 Å². The molecule has 1 unspecified atom stereocenters. The fraction of sp³-hybridized carbons (Fsp3) is 0.333. The van der Waals surface area contributed by atoms with Crippen LogP contribution in [0.15, 0.2) is 35.4 Å². The van der Waals surface area contributed by atoms with E-state index in [0.717, 1.165) is 11.8 Å². The first kappa shape index (κ1) is 21.1. The maximum atomic E-state index is 12.4. The van der Waals surface area contributed by atoms with Crippen LogP contribution in [-0.4, -0.2) is 34.9 Å². The number of nitro groups is 1. The summed E-state index contributed by atoms with van der Waals surface area (Å²) in [5.74, 6) is 0.344. The Hall–Kier alpha value is -3.62. The predicted molar refractivity (Wildman–Crippen MR) is 110 cm³/mol. The molecule has 0 saturated carbocycles. The maximum absolute atomic E-state index is 12.4. The lowest BCUT2D eigenvalue weighted by atomic mass is 9.87. The highest BCUT2D eigenvalue weighted by Gasteiger charge is 2.28. The van der Waals surface area contributed by atoms with Gasteiger partial charge in [-0.05, 0) is 35.6 Å². The van der Waals surface area contributed by atoms with Gasteiger partial charge in [-0.1, -0.05) is 26.8 Å². The van der Waals surface area contributed by atoms with Gasteiger partial charge in [0.15, 0.2) is 11.5 Å². The average Bonchev–Trinajstić information content (AvgIpc) is 2.69. The first-order chi connectivity index (χ1) is 14.1. The van der Waals surface area contributed by atoms with Gasteiger partial charge in [0, 0.05) is 17.7 Å². The van der Waals surface area contributed by atoms with Gasteiger partial charge < -0.3 is 14.6 Å². The van der Waals surface area contributed by atoms with Crippen LogP contribution in [0.3, 0.4) is 0 Å². The van der Waals surface area contributed by atoms with E-state index in [1.165, 1.54) is 19.1 Å². The number of benzene rings is 2. The number of carbonyl (C=O) groups is 1. The van der Waals surface area contributed by atoms with E-state index in [4.69, 9.17) is 9.47 Å². The largest absolute Gasteiger partial charge is 0.507 e. The number of hydrazone groups is 1. The first-order valence-electron chi connectivity index (χ1n) is 9.31. The lowest BCUT2D eigenvalue weighted by Gasteiger charge is -2.27. The summed E-state index contributed by atoms with van der Waals surface area (Å²) in [5, 5.41) is 24.8. The Labute approximate surface area is 173 Å². The third-order valence-corrected chi connectivity index (χ3v) is 4.67. The van der Waals surface area contributed by atoms with Crippen LogP contribution in [-0.2, 0) is 10.2 Å². The number of nitro benzene ring substituents is 1. The first-order valence-corrected chi connectivity index (χ1v) is 9.31. The molecule has 0 spiro atoms. The van der Waals surface area contributed by atoms with Crippen molar-refractivity contribution in [2.45, 2.75) is 39.2 Å². The van der Waals surface area contributed by atoms with Crippen LogP contribution in [0.5, 0.6) is 17.2 Å². The van der Waals surface area contributed by atoms with Crippen molar-refractivity contribution in [2.24, 2.45) is 5.10 Å². The monoisotopic (exact) mass is 413 g/mol. The van der Waals surface area contributed by atoms with Crippen LogP contribution in [0.25, 0.3) is 0 Å². The minimum Gasteiger partial charge on any atom is -0.507 e. The summed E-state index contributed by atoms with van der Waals surface area (Å²) in [6, 6.07) is 8.04. The summed E-state index contributed by atoms with van der Waals surface area (Å²) in [4.78, 5) is 22.8. The van der Waals surface area contributed by atoms with E-state index in [1.807, 2.05) is 18.2 Å². The molecule has 0 saturated heterocycles. The number of fused-ring (bicyclic) bond motifs is 1. The fourth-order valence-electron chi connectivity index (χ4n) is 2.90. The Kier molecular flexibility index (Phi) is 5.64. The minimum atomic E-state index is -0.912. The summed E-state index contributed by atoms with van der Waals surface area (Å²) >= 11 is 0. The van der Waals surface area contributed by atoms with Crippen molar-refractivity contribution in [3.8, 4) is 17.2 Å². The molecule has 3 rings (SSSR count). The molecule has 0 bridgehead atoms. The summed E-state index contributed by atoms with van der Waals surface area (Å²) in [5.41, 5.74) is 3.52. The summed E-state index contributed by atoms with van der Waals surface area (Å²) in [7, 11) is 0. The Morgan fingerprint density at radius 1 is 1.30 bits per heavy atom. The van der Waals surface area contributed by atoms with Gasteiger partial charge in [0.1, 0.15) is 12.4 Å². The highest BCUT2D eigenvalue weighted by molar-refractivity contribution is 5.87. The lowest BCUT2D eigenvalue weighted by molar-refractivity contribution is -0.384. The van der Waals surface area contributed by atoms with Crippen molar-refractivity contribution in [2.75, 3.05) is 6.61 Å². The zero-order valence-electron chi connectivity index (χ0n) is 17.1. The minimum absolute atomic E-state index is 0.0182. The summed E-state index contributed by atoms with van der Waals surface area (Å²) in [6.07, 6.45) is 0.230. The van der Waals surface area contributed by atoms with E-state index in [9.17, 15) is 20.0 Å². The fourth-order valence-corrected chi connectivity index (χ4v) is 2.90. The number of non-ortho nitro benzene ring substituents is 1. The SMILES string of the molecule is Cc1cc([N+](=O)[O-])cc(/C=N/NC(=O)C2COc3ccc(C(C)(C)C)cc3O2)c1O. The molecule has 9 heteroatoms. The summed E-state index contributed by atoms with van der Waals surface area (Å²) in [6.45, 7) is 7.77. The van der Waals surface area contributed by atoms with Crippen molar-refractivity contribution in [1.82, 2.24) is 5.43 Å². The van der Waals surface area contributed by atoms with E-state index >= 15 is 0 Å². The highest BCUT2D eigenvalue weighted by atomic mass is 16.6. The van der Waals surface area contributed by atoms with Crippen molar-refractivity contribution in [3.63, 3.8) is 0 Å². The number of ether oxygens (including phenoxy) is 2. The molecule has 1 aliphatic rings. The number of phenols is 1. The van der Waals surface area contributed by atoms with E-state index in [-0.39, 0.29) is 29.0 Å². The number of nitrogens with one attached hydrogen (secondary N) is 1. The molecule has 0 aliphatic carbocycles. The van der Waals surface area contributed by atoms with Crippen LogP contribution >= 0.6 is 0 Å². The van der Waals surface area contributed by atoms with Crippen LogP contribution in [0.2, 0.25) is 0 Å². The van der Waals surface area contributed by atoms with E-state index < -0.39 is 16.9 Å². The Morgan fingerprint density at radius 3 is 2.70 bits per heavy atom. The lowest BCUT2D eigenvalue weighted by Crippen LogP contribution is -2.42. The normalized spacial score (nSPS) is 15.8. The summed E-state index contributed by atoms with van der Waals surface area (Å²) < 4.78 is 11.4. The quantitative estimate of drug-likeness (QED) is 0.451. The van der Waals surface area contributed by atoms with Crippen molar-refractivity contribution in [3.05, 3.63) is 57.1 Å². The molecule has 2 N–H and O–H groups in total. The topological polar surface area (TPSA) is 123 Å². The van der Waals surface area contributed by atoms with Gasteiger partial charge >= 0.3 is 0 Å². The number of hydrogen-bond acceptors (Lipinski definition) is 7. The third-order valence-electron chi connectivity index (χ3n) is 4.67. The standard InChI is InChI=1S/C21H23N3O6/c1-12-7-15(24(27)28)8-13(19(12)25)10-22-23-20(26)18-11-29-16-6-5-14(21(2,3)4)9-17(16)30-18/h5-10,18,25H,11H2,1-4H3,(H,23,26)/b22-10+. The smallest absolute Gasteiger partial charge is 0.284 e. The molecule has 158 valence electrons. The number of nitrogens with zero attached hydrogens (tertiary/aromatic N) is 2. The molecular formula is C21H23N3O6. The van der Waals surface area contributed by atoms with Gasteiger partial charge in [0.25, 0.3) is 11.6 Å². The molecule has 0 fully saturated rings. The molecule has 1 aliphatic heterocycles. The zero-order valence-corrected chi connectivity index (χ0v) is 17.1. The number of hydrogen-bond donors (Lipinski definition) is 2. The van der Waals surface area contributed by atoms with Crippen LogP contribution in [0.4, 0.5) is 5.69 Å². The predicted octanol–water partition coefficient (Wildman–Crippen LogP) is 3.20. The van der Waals surface area contributed by atoms with E-state index in [2.05, 4.69) is 31.3 Å². The molecule has 9 nitrogen and oxygen atoms in total. The number of amides is 1. The van der Waals surface area contributed by atoms with Crippen molar-refractivity contribution in [1.29, 1.82) is 0 Å². The molecule has 1 atom stereocenters. The van der Waals surface area contributed by atoms with Crippen LogP contribution in [0.1, 0.15) is 37.5 Å². The Balaban J connectivity index is 1.70. The van der Waals surface area contributed by atoms with Crippen LogP contribution < -0.4 is 14.9 Å². The van der Waals surface area contributed by atoms with Gasteiger partial charge in [-0.15, -0.1) is 0 Å². The van der Waals surface area contributed by atoms with Crippen LogP contribution in [0, 0.1) is 17.0 Å². The second-order valence-corrected chi connectivity index (χ2v) is 8.02. The zero-order chi connectivity index (χ0) is 22.1. The highest BCUT2D eigenvalue weighted by Crippen LogP contribution is 2.36. The van der Waals surface area contributed by atoms with Crippen molar-refractivity contribution < 1.29 is 24.3 Å². The molecular weight excluding hydrogens is 390 g/mol. The Morgan fingerprint density at radius 2 is 2.03 bits per heavy atom. The molecule has 0 aromatic heterocycles. The Bertz CT molecular complexity index is 1030. The van der Waals surface area contributed by atoms with Gasteiger partial charge in [0.2, 0.25) is 6.10 Å². The van der Waals surface area contributed by atoms with Gasteiger partial charge in [-0.25, -0.2) is 5.43 Å². The third kappa shape index (κ3) is 4.51. The molecule has 2 aromatic rings. The number of aromatic hydroxyl groups is 1. The second kappa shape index (κ2) is 8.02. The average molecular weight is 413 g/mol. The molecule has 1 amide bonds. The van der Waals surface area contributed by atoms with Crippen molar-refractivity contribution >= 4 is 17.8 Å². The molecule has 1 heterocycles. The van der Waals surface area contributed by atoms with Gasteiger partial charge in [-0.2, -0.15) is 5.10 Å². The molecule has 30 heavy (non-hydrogen) atoms. The number of aryl methyl sites for hydroxylation is 1. The molecule has 0 radical (unpaired) electrons. The van der Waals surface area contributed by atoms with Gasteiger partial charge in [0.05, 0.1) is 11.1 Å². The second-order valence-electron chi connectivity index (χ2n) is 8.02. The number of rotatable bonds is 4. The number of carbonyl (C=O) groups excluding carboxylic acids is 1. The molecule has 2 aromatic carbocycles. The maximum Gasteiger partial charge on any atom is 0.284 e.